The molecule has 1 N–H and O–H groups in total. The van der Waals surface area contributed by atoms with E-state index in [-0.39, 0.29) is 11.6 Å². The van der Waals surface area contributed by atoms with E-state index >= 15 is 0 Å². The van der Waals surface area contributed by atoms with Gasteiger partial charge in [-0.3, -0.25) is 9.71 Å². The van der Waals surface area contributed by atoms with Crippen molar-refractivity contribution in [1.29, 1.82) is 0 Å². The predicted octanol–water partition coefficient (Wildman–Crippen LogP) is 4.00. The average Bonchev–Trinajstić information content (AvgIpc) is 3.40. The number of fused-ring (bicyclic) bond motifs is 1. The molecule has 34 heavy (non-hydrogen) atoms. The summed E-state index contributed by atoms with van der Waals surface area (Å²) in [5, 5.41) is 5.10. The fourth-order valence-corrected chi connectivity index (χ4v) is 5.19. The van der Waals surface area contributed by atoms with Crippen LogP contribution in [0, 0.1) is 11.6 Å². The summed E-state index contributed by atoms with van der Waals surface area (Å²) in [7, 11) is -3.08. The molecule has 172 valence electrons. The molecule has 0 unspecified atom stereocenters. The van der Waals surface area contributed by atoms with Crippen LogP contribution in [0.25, 0.3) is 26.8 Å². The fourth-order valence-electron chi connectivity index (χ4n) is 3.23. The van der Waals surface area contributed by atoms with Crippen molar-refractivity contribution < 1.29 is 21.9 Å². The molecule has 0 spiro atoms. The number of methoxy groups -OCH3 is 1. The highest BCUT2D eigenvalue weighted by Crippen LogP contribution is 2.33. The number of halogens is 2. The smallest absolute Gasteiger partial charge is 0.264 e. The zero-order chi connectivity index (χ0) is 23.9. The normalized spacial score (nSPS) is 11.6. The standard InChI is InChI=1S/C21H14F2N6O3S2/c1-32-19-16(28-34(30,31)18-3-2-14(22)9-15(18)23)8-13(10-25-19)20-27-29-17(11-26-21(29)33-20)12-4-6-24-7-5-12/h2-11,28H,1H3. The first-order valence-corrected chi connectivity index (χ1v) is 11.9. The molecular formula is C21H14F2N6O3S2. The van der Waals surface area contributed by atoms with Crippen molar-refractivity contribution in [3.8, 4) is 27.7 Å². The Hall–Kier alpha value is -3.97. The molecule has 13 heteroatoms. The number of ether oxygens (including phenoxy) is 1. The number of imidazole rings is 1. The van der Waals surface area contributed by atoms with Crippen LogP contribution < -0.4 is 9.46 Å². The number of pyridine rings is 2. The molecule has 0 aliphatic rings. The third-order valence-corrected chi connectivity index (χ3v) is 7.15. The summed E-state index contributed by atoms with van der Waals surface area (Å²) in [6, 6.07) is 7.32. The van der Waals surface area contributed by atoms with Crippen LogP contribution in [0.2, 0.25) is 0 Å². The van der Waals surface area contributed by atoms with Crippen molar-refractivity contribution in [2.45, 2.75) is 4.90 Å². The molecule has 0 atom stereocenters. The van der Waals surface area contributed by atoms with Crippen LogP contribution in [-0.4, -0.2) is 40.1 Å². The number of hydrogen-bond acceptors (Lipinski definition) is 8. The predicted molar refractivity (Wildman–Crippen MR) is 121 cm³/mol. The summed E-state index contributed by atoms with van der Waals surface area (Å²) in [4.78, 5) is 12.4. The molecule has 5 aromatic rings. The second-order valence-electron chi connectivity index (χ2n) is 6.94. The Labute approximate surface area is 195 Å². The number of nitrogens with zero attached hydrogens (tertiary/aromatic N) is 5. The van der Waals surface area contributed by atoms with E-state index in [9.17, 15) is 17.2 Å². The van der Waals surface area contributed by atoms with E-state index in [0.29, 0.717) is 21.6 Å². The number of rotatable bonds is 6. The van der Waals surface area contributed by atoms with Crippen LogP contribution in [-0.2, 0) is 10.0 Å². The van der Waals surface area contributed by atoms with Crippen LogP contribution in [0.1, 0.15) is 0 Å². The number of nitrogens with one attached hydrogen (secondary N) is 1. The first-order valence-electron chi connectivity index (χ1n) is 9.63. The van der Waals surface area contributed by atoms with Crippen molar-refractivity contribution in [2.24, 2.45) is 0 Å². The van der Waals surface area contributed by atoms with Crippen molar-refractivity contribution in [1.82, 2.24) is 24.6 Å². The van der Waals surface area contributed by atoms with E-state index in [1.54, 1.807) is 23.1 Å². The number of benzene rings is 1. The molecule has 0 aliphatic carbocycles. The minimum Gasteiger partial charge on any atom is -0.480 e. The maximum absolute atomic E-state index is 14.1. The monoisotopic (exact) mass is 500 g/mol. The van der Waals surface area contributed by atoms with E-state index in [1.165, 1.54) is 30.7 Å². The Balaban J connectivity index is 1.54. The van der Waals surface area contributed by atoms with Crippen molar-refractivity contribution in [2.75, 3.05) is 11.8 Å². The van der Waals surface area contributed by atoms with Gasteiger partial charge in [-0.25, -0.2) is 31.7 Å². The van der Waals surface area contributed by atoms with Gasteiger partial charge in [0.25, 0.3) is 10.0 Å². The number of hydrogen-bond donors (Lipinski definition) is 1. The van der Waals surface area contributed by atoms with Crippen molar-refractivity contribution >= 4 is 32.0 Å². The summed E-state index contributed by atoms with van der Waals surface area (Å²) in [5.41, 5.74) is 2.08. The lowest BCUT2D eigenvalue weighted by Gasteiger charge is -2.12. The van der Waals surface area contributed by atoms with Crippen molar-refractivity contribution in [3.63, 3.8) is 0 Å². The zero-order valence-electron chi connectivity index (χ0n) is 17.3. The van der Waals surface area contributed by atoms with Crippen LogP contribution in [0.3, 0.4) is 0 Å². The van der Waals surface area contributed by atoms with Gasteiger partial charge in [0.05, 0.1) is 19.0 Å². The largest absolute Gasteiger partial charge is 0.480 e. The molecule has 9 nitrogen and oxygen atoms in total. The Morgan fingerprint density at radius 1 is 1.03 bits per heavy atom. The molecule has 5 rings (SSSR count). The lowest BCUT2D eigenvalue weighted by molar-refractivity contribution is 0.400. The van der Waals surface area contributed by atoms with E-state index in [4.69, 9.17) is 4.74 Å². The van der Waals surface area contributed by atoms with Crippen LogP contribution >= 0.6 is 11.3 Å². The van der Waals surface area contributed by atoms with Gasteiger partial charge in [-0.1, -0.05) is 11.3 Å². The van der Waals surface area contributed by atoms with Gasteiger partial charge in [-0.05, 0) is 30.3 Å². The lowest BCUT2D eigenvalue weighted by atomic mass is 10.2. The minimum atomic E-state index is -4.40. The van der Waals surface area contributed by atoms with Crippen molar-refractivity contribution in [3.05, 3.63) is 72.8 Å². The van der Waals surface area contributed by atoms with Crippen LogP contribution in [0.4, 0.5) is 14.5 Å². The highest BCUT2D eigenvalue weighted by Gasteiger charge is 2.23. The Kier molecular flexibility index (Phi) is 5.42. The van der Waals surface area contributed by atoms with Crippen LogP contribution in [0.5, 0.6) is 5.88 Å². The molecule has 0 saturated carbocycles. The Morgan fingerprint density at radius 3 is 2.56 bits per heavy atom. The molecule has 4 aromatic heterocycles. The minimum absolute atomic E-state index is 0.0337. The number of sulfonamides is 1. The van der Waals surface area contributed by atoms with Gasteiger partial charge in [0.1, 0.15) is 27.2 Å². The van der Waals surface area contributed by atoms with Gasteiger partial charge >= 0.3 is 0 Å². The summed E-state index contributed by atoms with van der Waals surface area (Å²) < 4.78 is 61.9. The summed E-state index contributed by atoms with van der Waals surface area (Å²) in [6.07, 6.45) is 6.50. The van der Waals surface area contributed by atoms with E-state index in [0.717, 1.165) is 23.4 Å². The third kappa shape index (κ3) is 3.95. The van der Waals surface area contributed by atoms with Crippen LogP contribution in [0.15, 0.2) is 66.1 Å². The zero-order valence-corrected chi connectivity index (χ0v) is 18.9. The lowest BCUT2D eigenvalue weighted by Crippen LogP contribution is -2.15. The fraction of sp³-hybridized carbons (Fsp3) is 0.0476. The molecule has 0 aliphatic heterocycles. The van der Waals surface area contributed by atoms with Gasteiger partial charge in [-0.2, -0.15) is 5.10 Å². The molecule has 1 aromatic carbocycles. The quantitative estimate of drug-likeness (QED) is 0.375. The molecule has 4 heterocycles. The summed E-state index contributed by atoms with van der Waals surface area (Å²) in [6.45, 7) is 0. The first kappa shape index (κ1) is 21.9. The SMILES string of the molecule is COc1ncc(-c2nn3c(-c4ccncc4)cnc3s2)cc1NS(=O)(=O)c1ccc(F)cc1F. The van der Waals surface area contributed by atoms with Gasteiger partial charge in [-0.15, -0.1) is 0 Å². The third-order valence-electron chi connectivity index (χ3n) is 4.78. The highest BCUT2D eigenvalue weighted by molar-refractivity contribution is 7.92. The van der Waals surface area contributed by atoms with Gasteiger partial charge in [0.2, 0.25) is 10.8 Å². The molecule has 0 bridgehead atoms. The number of aromatic nitrogens is 5. The summed E-state index contributed by atoms with van der Waals surface area (Å²) >= 11 is 1.27. The molecular weight excluding hydrogens is 486 g/mol. The number of anilines is 1. The molecule has 0 fully saturated rings. The summed E-state index contributed by atoms with van der Waals surface area (Å²) in [5.74, 6) is -2.15. The highest BCUT2D eigenvalue weighted by atomic mass is 32.2. The maximum Gasteiger partial charge on any atom is 0.264 e. The second kappa shape index (κ2) is 8.43. The van der Waals surface area contributed by atoms with E-state index in [2.05, 4.69) is 24.8 Å². The molecule has 0 amide bonds. The first-order chi connectivity index (χ1) is 16.4. The second-order valence-corrected chi connectivity index (χ2v) is 9.55. The van der Waals surface area contributed by atoms with Gasteiger partial charge in [0, 0.05) is 35.8 Å². The maximum atomic E-state index is 14.1. The molecule has 0 saturated heterocycles. The average molecular weight is 501 g/mol. The Morgan fingerprint density at radius 2 is 1.82 bits per heavy atom. The Bertz CT molecular complexity index is 1620. The molecule has 0 radical (unpaired) electrons. The van der Waals surface area contributed by atoms with E-state index < -0.39 is 26.6 Å². The van der Waals surface area contributed by atoms with E-state index in [1.807, 2.05) is 12.1 Å². The van der Waals surface area contributed by atoms with Gasteiger partial charge in [0.15, 0.2) is 0 Å². The topological polar surface area (TPSA) is 111 Å². The van der Waals surface area contributed by atoms with Gasteiger partial charge < -0.3 is 4.74 Å².